The molecule has 1 aliphatic rings. The summed E-state index contributed by atoms with van der Waals surface area (Å²) >= 11 is 0. The second-order valence-corrected chi connectivity index (χ2v) is 5.93. The van der Waals surface area contributed by atoms with Gasteiger partial charge in [-0.15, -0.1) is 0 Å². The van der Waals surface area contributed by atoms with E-state index in [1.165, 1.54) is 0 Å². The third kappa shape index (κ3) is 4.22. The van der Waals surface area contributed by atoms with Crippen molar-refractivity contribution in [3.05, 3.63) is 36.8 Å². The molecule has 18 heavy (non-hydrogen) atoms. The summed E-state index contributed by atoms with van der Waals surface area (Å²) in [6, 6.07) is 0. The average Bonchev–Trinajstić information content (AvgIpc) is 2.30. The molecule has 0 fully saturated rings. The first-order chi connectivity index (χ1) is 8.29. The van der Waals surface area contributed by atoms with E-state index >= 15 is 0 Å². The molecule has 0 spiro atoms. The van der Waals surface area contributed by atoms with Crippen molar-refractivity contribution >= 4 is 0 Å². The minimum Gasteiger partial charge on any atom is -0.489 e. The van der Waals surface area contributed by atoms with Crippen molar-refractivity contribution in [3.63, 3.8) is 0 Å². The summed E-state index contributed by atoms with van der Waals surface area (Å²) in [5.74, 6) is 1.25. The largest absolute Gasteiger partial charge is 0.489 e. The van der Waals surface area contributed by atoms with Gasteiger partial charge in [0, 0.05) is 5.41 Å². The molecule has 0 aromatic heterocycles. The van der Waals surface area contributed by atoms with Crippen LogP contribution in [-0.4, -0.2) is 25.4 Å². The molecular weight excluding hydrogens is 228 g/mol. The van der Waals surface area contributed by atoms with Gasteiger partial charge >= 0.3 is 0 Å². The number of ether oxygens (including phenoxy) is 3. The van der Waals surface area contributed by atoms with Crippen LogP contribution in [0.4, 0.5) is 0 Å². The molecule has 0 radical (unpaired) electrons. The first-order valence-corrected chi connectivity index (χ1v) is 6.18. The average molecular weight is 252 g/mol. The van der Waals surface area contributed by atoms with Crippen molar-refractivity contribution in [2.24, 2.45) is 5.41 Å². The van der Waals surface area contributed by atoms with Crippen LogP contribution in [0.25, 0.3) is 0 Å². The lowest BCUT2D eigenvalue weighted by Gasteiger charge is -2.33. The van der Waals surface area contributed by atoms with Crippen LogP contribution in [-0.2, 0) is 14.2 Å². The Kier molecular flexibility index (Phi) is 4.63. The van der Waals surface area contributed by atoms with Gasteiger partial charge in [0.05, 0.1) is 18.8 Å². The van der Waals surface area contributed by atoms with Gasteiger partial charge in [-0.3, -0.25) is 0 Å². The van der Waals surface area contributed by atoms with Crippen LogP contribution in [0.15, 0.2) is 36.8 Å². The fourth-order valence-electron chi connectivity index (χ4n) is 1.46. The quantitative estimate of drug-likeness (QED) is 0.753. The van der Waals surface area contributed by atoms with Gasteiger partial charge in [0.15, 0.2) is 11.5 Å². The monoisotopic (exact) mass is 252 g/mol. The zero-order valence-corrected chi connectivity index (χ0v) is 11.9. The van der Waals surface area contributed by atoms with Crippen LogP contribution in [0.5, 0.6) is 0 Å². The smallest absolute Gasteiger partial charge is 0.160 e. The summed E-state index contributed by atoms with van der Waals surface area (Å²) in [6.45, 7) is 17.4. The van der Waals surface area contributed by atoms with Crippen molar-refractivity contribution < 1.29 is 14.2 Å². The lowest BCUT2D eigenvalue weighted by molar-refractivity contribution is -0.103. The molecule has 0 aromatic rings. The second-order valence-electron chi connectivity index (χ2n) is 5.93. The SMILES string of the molecule is C=C/C1=C(\C=C)OCC(C)(C)OCC(C)(C)CO1. The second kappa shape index (κ2) is 5.61. The van der Waals surface area contributed by atoms with Gasteiger partial charge in [0.2, 0.25) is 0 Å². The topological polar surface area (TPSA) is 27.7 Å². The fourth-order valence-corrected chi connectivity index (χ4v) is 1.46. The Morgan fingerprint density at radius 3 is 1.89 bits per heavy atom. The third-order valence-corrected chi connectivity index (χ3v) is 2.66. The molecule has 102 valence electrons. The zero-order valence-electron chi connectivity index (χ0n) is 11.9. The molecule has 3 nitrogen and oxygen atoms in total. The van der Waals surface area contributed by atoms with Gasteiger partial charge in [0.1, 0.15) is 6.61 Å². The number of hydrogen-bond donors (Lipinski definition) is 0. The Morgan fingerprint density at radius 2 is 1.39 bits per heavy atom. The van der Waals surface area contributed by atoms with E-state index in [-0.39, 0.29) is 11.0 Å². The first-order valence-electron chi connectivity index (χ1n) is 6.18. The van der Waals surface area contributed by atoms with Crippen LogP contribution >= 0.6 is 0 Å². The predicted octanol–water partition coefficient (Wildman–Crippen LogP) is 3.44. The van der Waals surface area contributed by atoms with E-state index in [1.54, 1.807) is 12.2 Å². The molecular formula is C15H24O3. The summed E-state index contributed by atoms with van der Waals surface area (Å²) in [5.41, 5.74) is -0.399. The van der Waals surface area contributed by atoms with Crippen molar-refractivity contribution in [1.29, 1.82) is 0 Å². The highest BCUT2D eigenvalue weighted by Gasteiger charge is 2.28. The van der Waals surface area contributed by atoms with Crippen LogP contribution in [0.2, 0.25) is 0 Å². The third-order valence-electron chi connectivity index (χ3n) is 2.66. The highest BCUT2D eigenvalue weighted by Crippen LogP contribution is 2.25. The van der Waals surface area contributed by atoms with Crippen molar-refractivity contribution in [3.8, 4) is 0 Å². The number of hydrogen-bond acceptors (Lipinski definition) is 3. The minimum absolute atomic E-state index is 0.0604. The highest BCUT2D eigenvalue weighted by molar-refractivity contribution is 5.22. The van der Waals surface area contributed by atoms with Gasteiger partial charge in [-0.05, 0) is 26.0 Å². The Labute approximate surface area is 110 Å². The summed E-state index contributed by atoms with van der Waals surface area (Å²) in [7, 11) is 0. The van der Waals surface area contributed by atoms with Gasteiger partial charge in [-0.1, -0.05) is 27.0 Å². The standard InChI is InChI=1S/C15H24O3/c1-7-12-13(8-2)17-11-15(5,6)18-10-14(3,4)9-16-12/h7-8H,1-2,9-11H2,3-6H3/b13-12-. The van der Waals surface area contributed by atoms with Crippen LogP contribution in [0, 0.1) is 5.41 Å². The molecule has 0 atom stereocenters. The van der Waals surface area contributed by atoms with Gasteiger partial charge in [-0.25, -0.2) is 0 Å². The lowest BCUT2D eigenvalue weighted by atomic mass is 9.95. The molecule has 0 bridgehead atoms. The van der Waals surface area contributed by atoms with Crippen LogP contribution in [0.1, 0.15) is 27.7 Å². The van der Waals surface area contributed by atoms with E-state index in [0.717, 1.165) is 0 Å². The molecule has 1 aliphatic heterocycles. The lowest BCUT2D eigenvalue weighted by Crippen LogP contribution is -2.37. The molecule has 1 heterocycles. The highest BCUT2D eigenvalue weighted by atomic mass is 16.6. The van der Waals surface area contributed by atoms with Gasteiger partial charge < -0.3 is 14.2 Å². The van der Waals surface area contributed by atoms with Gasteiger partial charge in [-0.2, -0.15) is 0 Å². The Balaban J connectivity index is 3.00. The van der Waals surface area contributed by atoms with E-state index in [4.69, 9.17) is 14.2 Å². The molecule has 0 saturated heterocycles. The molecule has 0 saturated carbocycles. The van der Waals surface area contributed by atoms with Crippen molar-refractivity contribution in [2.45, 2.75) is 33.3 Å². The number of rotatable bonds is 2. The van der Waals surface area contributed by atoms with Crippen molar-refractivity contribution in [1.82, 2.24) is 0 Å². The number of allylic oxidation sites excluding steroid dienone is 2. The molecule has 0 amide bonds. The molecule has 0 N–H and O–H groups in total. The maximum absolute atomic E-state index is 5.90. The molecule has 0 aromatic carbocycles. The Hall–Kier alpha value is -1.22. The zero-order chi connectivity index (χ0) is 13.8. The van der Waals surface area contributed by atoms with E-state index < -0.39 is 0 Å². The summed E-state index contributed by atoms with van der Waals surface area (Å²) < 4.78 is 17.3. The maximum atomic E-state index is 5.90. The van der Waals surface area contributed by atoms with Crippen LogP contribution in [0.3, 0.4) is 0 Å². The summed E-state index contributed by atoms with van der Waals surface area (Å²) in [6.07, 6.45) is 3.30. The minimum atomic E-state index is -0.338. The van der Waals surface area contributed by atoms with E-state index in [9.17, 15) is 0 Å². The summed E-state index contributed by atoms with van der Waals surface area (Å²) in [4.78, 5) is 0. The summed E-state index contributed by atoms with van der Waals surface area (Å²) in [5, 5.41) is 0. The Morgan fingerprint density at radius 1 is 0.889 bits per heavy atom. The van der Waals surface area contributed by atoms with E-state index in [1.807, 2.05) is 13.8 Å². The van der Waals surface area contributed by atoms with Gasteiger partial charge in [0.25, 0.3) is 0 Å². The molecule has 0 aliphatic carbocycles. The molecule has 3 heteroatoms. The Bertz CT molecular complexity index is 317. The van der Waals surface area contributed by atoms with Crippen molar-refractivity contribution in [2.75, 3.05) is 19.8 Å². The molecule has 0 unspecified atom stereocenters. The predicted molar refractivity (Wildman–Crippen MR) is 73.1 cm³/mol. The normalized spacial score (nSPS) is 27.6. The van der Waals surface area contributed by atoms with E-state index in [2.05, 4.69) is 27.0 Å². The fraction of sp³-hybridized carbons (Fsp3) is 0.600. The molecule has 1 rings (SSSR count). The maximum Gasteiger partial charge on any atom is 0.160 e. The van der Waals surface area contributed by atoms with E-state index in [0.29, 0.717) is 31.3 Å². The van der Waals surface area contributed by atoms with Crippen LogP contribution < -0.4 is 0 Å². The first kappa shape index (κ1) is 14.8.